The van der Waals surface area contributed by atoms with Gasteiger partial charge in [-0.25, -0.2) is 0 Å². The average molecular weight is 211 g/mol. The van der Waals surface area contributed by atoms with E-state index in [0.29, 0.717) is 5.41 Å². The van der Waals surface area contributed by atoms with Crippen molar-refractivity contribution in [1.82, 2.24) is 4.90 Å². The highest BCUT2D eigenvalue weighted by Crippen LogP contribution is 2.39. The molecule has 0 atom stereocenters. The van der Waals surface area contributed by atoms with Gasteiger partial charge in [0.15, 0.2) is 0 Å². The van der Waals surface area contributed by atoms with Crippen molar-refractivity contribution < 1.29 is 0 Å². The van der Waals surface area contributed by atoms with E-state index in [-0.39, 0.29) is 0 Å². The molecular formula is C14H29N. The van der Waals surface area contributed by atoms with Gasteiger partial charge in [0.25, 0.3) is 0 Å². The average Bonchev–Trinajstić information content (AvgIpc) is 2.18. The number of hydrogen-bond acceptors (Lipinski definition) is 1. The third-order valence-electron chi connectivity index (χ3n) is 3.98. The standard InChI is InChI=1S/C14H29N/c1-5-8-14(9-6-2)10-7-11-15(12-14)13(3)4/h13H,5-12H2,1-4H3. The first-order valence-corrected chi connectivity index (χ1v) is 6.87. The Kier molecular flexibility index (Phi) is 5.11. The predicted molar refractivity (Wildman–Crippen MR) is 68.2 cm³/mol. The van der Waals surface area contributed by atoms with Crippen molar-refractivity contribution in [2.45, 2.75) is 72.3 Å². The van der Waals surface area contributed by atoms with E-state index in [1.165, 1.54) is 51.6 Å². The molecule has 1 aliphatic rings. The molecule has 1 aliphatic heterocycles. The van der Waals surface area contributed by atoms with E-state index in [0.717, 1.165) is 6.04 Å². The second-order valence-corrected chi connectivity index (χ2v) is 5.67. The van der Waals surface area contributed by atoms with Crippen LogP contribution in [0.3, 0.4) is 0 Å². The van der Waals surface area contributed by atoms with E-state index >= 15 is 0 Å². The van der Waals surface area contributed by atoms with Crippen molar-refractivity contribution in [3.05, 3.63) is 0 Å². The van der Waals surface area contributed by atoms with E-state index in [4.69, 9.17) is 0 Å². The van der Waals surface area contributed by atoms with Crippen molar-refractivity contribution >= 4 is 0 Å². The van der Waals surface area contributed by atoms with Gasteiger partial charge in [-0.05, 0) is 51.5 Å². The summed E-state index contributed by atoms with van der Waals surface area (Å²) in [6.07, 6.45) is 8.46. The monoisotopic (exact) mass is 211 g/mol. The summed E-state index contributed by atoms with van der Waals surface area (Å²) >= 11 is 0. The van der Waals surface area contributed by atoms with Gasteiger partial charge < -0.3 is 4.90 Å². The zero-order valence-corrected chi connectivity index (χ0v) is 11.2. The fraction of sp³-hybridized carbons (Fsp3) is 1.00. The SMILES string of the molecule is CCCC1(CCC)CCCN(C(C)C)C1. The maximum absolute atomic E-state index is 2.69. The highest BCUT2D eigenvalue weighted by molar-refractivity contribution is 4.87. The topological polar surface area (TPSA) is 3.24 Å². The fourth-order valence-electron chi connectivity index (χ4n) is 3.28. The minimum Gasteiger partial charge on any atom is -0.300 e. The van der Waals surface area contributed by atoms with Crippen LogP contribution in [-0.2, 0) is 0 Å². The summed E-state index contributed by atoms with van der Waals surface area (Å²) < 4.78 is 0. The minimum absolute atomic E-state index is 0.659. The molecule has 1 fully saturated rings. The van der Waals surface area contributed by atoms with Gasteiger partial charge in [-0.2, -0.15) is 0 Å². The molecule has 0 unspecified atom stereocenters. The van der Waals surface area contributed by atoms with Crippen molar-refractivity contribution in [3.8, 4) is 0 Å². The molecule has 0 aliphatic carbocycles. The fourth-order valence-corrected chi connectivity index (χ4v) is 3.28. The van der Waals surface area contributed by atoms with Crippen LogP contribution in [0.2, 0.25) is 0 Å². The first-order chi connectivity index (χ1) is 7.13. The van der Waals surface area contributed by atoms with Crippen LogP contribution in [0.5, 0.6) is 0 Å². The van der Waals surface area contributed by atoms with Gasteiger partial charge >= 0.3 is 0 Å². The van der Waals surface area contributed by atoms with Gasteiger partial charge in [-0.15, -0.1) is 0 Å². The number of hydrogen-bond donors (Lipinski definition) is 0. The summed E-state index contributed by atoms with van der Waals surface area (Å²) in [5.41, 5.74) is 0.659. The van der Waals surface area contributed by atoms with E-state index < -0.39 is 0 Å². The molecule has 1 heteroatoms. The Labute approximate surface area is 96.2 Å². The number of rotatable bonds is 5. The molecule has 1 saturated heterocycles. The van der Waals surface area contributed by atoms with Crippen LogP contribution in [0.4, 0.5) is 0 Å². The zero-order valence-electron chi connectivity index (χ0n) is 11.2. The maximum atomic E-state index is 2.69. The third kappa shape index (κ3) is 3.48. The van der Waals surface area contributed by atoms with Gasteiger partial charge in [0.1, 0.15) is 0 Å². The van der Waals surface area contributed by atoms with Crippen molar-refractivity contribution in [2.24, 2.45) is 5.41 Å². The molecule has 0 bridgehead atoms. The van der Waals surface area contributed by atoms with Crippen LogP contribution in [0.25, 0.3) is 0 Å². The van der Waals surface area contributed by atoms with Gasteiger partial charge in [0, 0.05) is 12.6 Å². The Morgan fingerprint density at radius 2 is 1.73 bits per heavy atom. The Balaban J connectivity index is 2.61. The molecule has 1 rings (SSSR count). The molecule has 15 heavy (non-hydrogen) atoms. The molecule has 0 radical (unpaired) electrons. The lowest BCUT2D eigenvalue weighted by atomic mass is 9.73. The van der Waals surface area contributed by atoms with Gasteiger partial charge in [0.2, 0.25) is 0 Å². The summed E-state index contributed by atoms with van der Waals surface area (Å²) in [7, 11) is 0. The Hall–Kier alpha value is -0.0400. The Morgan fingerprint density at radius 3 is 2.20 bits per heavy atom. The third-order valence-corrected chi connectivity index (χ3v) is 3.98. The quantitative estimate of drug-likeness (QED) is 0.662. The largest absolute Gasteiger partial charge is 0.300 e. The summed E-state index contributed by atoms with van der Waals surface area (Å²) in [5, 5.41) is 0. The normalized spacial score (nSPS) is 22.2. The number of nitrogens with zero attached hydrogens (tertiary/aromatic N) is 1. The van der Waals surface area contributed by atoms with Gasteiger partial charge in [-0.3, -0.25) is 0 Å². The van der Waals surface area contributed by atoms with E-state index in [1.807, 2.05) is 0 Å². The van der Waals surface area contributed by atoms with Crippen molar-refractivity contribution in [1.29, 1.82) is 0 Å². The second kappa shape index (κ2) is 5.89. The molecule has 0 spiro atoms. The minimum atomic E-state index is 0.659. The summed E-state index contributed by atoms with van der Waals surface area (Å²) in [6, 6.07) is 0.735. The van der Waals surface area contributed by atoms with Gasteiger partial charge in [-0.1, -0.05) is 26.7 Å². The Bertz CT molecular complexity index is 163. The molecule has 1 nitrogen and oxygen atoms in total. The summed E-state index contributed by atoms with van der Waals surface area (Å²) in [4.78, 5) is 2.69. The van der Waals surface area contributed by atoms with Crippen molar-refractivity contribution in [2.75, 3.05) is 13.1 Å². The molecule has 90 valence electrons. The van der Waals surface area contributed by atoms with Crippen LogP contribution in [0.15, 0.2) is 0 Å². The van der Waals surface area contributed by atoms with Crippen LogP contribution >= 0.6 is 0 Å². The van der Waals surface area contributed by atoms with E-state index in [1.54, 1.807) is 0 Å². The molecule has 0 saturated carbocycles. The highest BCUT2D eigenvalue weighted by Gasteiger charge is 2.34. The summed E-state index contributed by atoms with van der Waals surface area (Å²) in [5.74, 6) is 0. The lowest BCUT2D eigenvalue weighted by Gasteiger charge is -2.45. The second-order valence-electron chi connectivity index (χ2n) is 5.67. The van der Waals surface area contributed by atoms with Crippen LogP contribution in [0.1, 0.15) is 66.2 Å². The first kappa shape index (κ1) is 13.0. The first-order valence-electron chi connectivity index (χ1n) is 6.87. The molecular weight excluding hydrogens is 182 g/mol. The maximum Gasteiger partial charge on any atom is 0.00407 e. The zero-order chi connectivity index (χ0) is 11.3. The number of piperidine rings is 1. The number of likely N-dealkylation sites (tertiary alicyclic amines) is 1. The summed E-state index contributed by atoms with van der Waals surface area (Å²) in [6.45, 7) is 12.0. The van der Waals surface area contributed by atoms with Gasteiger partial charge in [0.05, 0.1) is 0 Å². The molecule has 0 aromatic heterocycles. The van der Waals surface area contributed by atoms with Crippen LogP contribution in [0, 0.1) is 5.41 Å². The Morgan fingerprint density at radius 1 is 1.13 bits per heavy atom. The van der Waals surface area contributed by atoms with Crippen molar-refractivity contribution in [3.63, 3.8) is 0 Å². The molecule has 0 amide bonds. The highest BCUT2D eigenvalue weighted by atomic mass is 15.2. The van der Waals surface area contributed by atoms with Crippen LogP contribution < -0.4 is 0 Å². The molecule has 0 aromatic carbocycles. The lowest BCUT2D eigenvalue weighted by Crippen LogP contribution is -2.46. The lowest BCUT2D eigenvalue weighted by molar-refractivity contribution is 0.0508. The van der Waals surface area contributed by atoms with E-state index in [9.17, 15) is 0 Å². The van der Waals surface area contributed by atoms with E-state index in [2.05, 4.69) is 32.6 Å². The van der Waals surface area contributed by atoms with Crippen LogP contribution in [-0.4, -0.2) is 24.0 Å². The molecule has 1 heterocycles. The molecule has 0 N–H and O–H groups in total. The smallest absolute Gasteiger partial charge is 0.00407 e. The predicted octanol–water partition coefficient (Wildman–Crippen LogP) is 4.08. The molecule has 0 aromatic rings.